The summed E-state index contributed by atoms with van der Waals surface area (Å²) in [5.41, 5.74) is 0. The van der Waals surface area contributed by atoms with Gasteiger partial charge in [0.15, 0.2) is 5.82 Å². The fraction of sp³-hybridized carbons (Fsp3) is 0.111. The second kappa shape index (κ2) is 7.75. The number of hydrogen-bond donors (Lipinski definition) is 1. The number of fused-ring (bicyclic) bond motifs is 1. The summed E-state index contributed by atoms with van der Waals surface area (Å²) in [6.07, 6.45) is 0. The molecule has 27 heavy (non-hydrogen) atoms. The molecule has 0 aliphatic carbocycles. The zero-order valence-corrected chi connectivity index (χ0v) is 16.3. The van der Waals surface area contributed by atoms with Gasteiger partial charge in [0.05, 0.1) is 5.02 Å². The molecule has 0 aliphatic heterocycles. The molecule has 0 unspecified atom stereocenters. The Hall–Kier alpha value is -2.29. The van der Waals surface area contributed by atoms with Crippen molar-refractivity contribution in [2.45, 2.75) is 17.5 Å². The summed E-state index contributed by atoms with van der Waals surface area (Å²) in [5, 5.41) is 10.6. The third-order valence-corrected chi connectivity index (χ3v) is 6.72. The molecule has 5 nitrogen and oxygen atoms in total. The Balaban J connectivity index is 1.42. The Bertz CT molecular complexity index is 1080. The first-order valence-electron chi connectivity index (χ1n) is 7.98. The van der Waals surface area contributed by atoms with E-state index in [1.807, 2.05) is 18.2 Å². The minimum atomic E-state index is -0.317. The van der Waals surface area contributed by atoms with Crippen molar-refractivity contribution in [1.82, 2.24) is 14.9 Å². The first-order chi connectivity index (χ1) is 13.1. The molecule has 138 valence electrons. The number of nitrogens with two attached hydrogens (primary N) is 1. The first kappa shape index (κ1) is 18.1. The Kier molecular flexibility index (Phi) is 5.20. The normalized spacial score (nSPS) is 11.2. The fourth-order valence-corrected chi connectivity index (χ4v) is 5.00. The summed E-state index contributed by atoms with van der Waals surface area (Å²) < 4.78 is 21.0. The molecule has 4 rings (SSSR count). The van der Waals surface area contributed by atoms with Crippen LogP contribution in [0.15, 0.2) is 53.7 Å². The molecule has 0 bridgehead atoms. The Morgan fingerprint density at radius 2 is 1.93 bits per heavy atom. The highest BCUT2D eigenvalue weighted by Crippen LogP contribution is 2.38. The van der Waals surface area contributed by atoms with Gasteiger partial charge in [-0.1, -0.05) is 41.6 Å². The molecule has 4 aromatic rings. The van der Waals surface area contributed by atoms with Crippen LogP contribution in [-0.4, -0.2) is 14.9 Å². The molecular formula is C18H14ClFN4OS2. The number of thiophene rings is 1. The second-order valence-corrected chi connectivity index (χ2v) is 8.09. The second-order valence-electron chi connectivity index (χ2n) is 5.64. The van der Waals surface area contributed by atoms with Gasteiger partial charge in [0.1, 0.15) is 18.2 Å². The maximum Gasteiger partial charge on any atom is 0.210 e. The lowest BCUT2D eigenvalue weighted by Crippen LogP contribution is -2.15. The van der Waals surface area contributed by atoms with E-state index in [9.17, 15) is 4.39 Å². The van der Waals surface area contributed by atoms with E-state index in [0.29, 0.717) is 22.5 Å². The summed E-state index contributed by atoms with van der Waals surface area (Å²) in [4.78, 5) is 1.06. The smallest absolute Gasteiger partial charge is 0.210 e. The number of hydrogen-bond acceptors (Lipinski definition) is 6. The van der Waals surface area contributed by atoms with Gasteiger partial charge in [-0.3, -0.25) is 0 Å². The lowest BCUT2D eigenvalue weighted by atomic mass is 10.2. The van der Waals surface area contributed by atoms with Crippen molar-refractivity contribution in [2.75, 3.05) is 5.84 Å². The monoisotopic (exact) mass is 420 g/mol. The molecule has 0 atom stereocenters. The summed E-state index contributed by atoms with van der Waals surface area (Å²) in [6, 6.07) is 13.8. The number of nitrogens with zero attached hydrogens (tertiary/aromatic N) is 3. The van der Waals surface area contributed by atoms with Gasteiger partial charge >= 0.3 is 0 Å². The summed E-state index contributed by atoms with van der Waals surface area (Å²) in [7, 11) is 0. The number of nitrogen functional groups attached to an aromatic ring is 1. The van der Waals surface area contributed by atoms with E-state index < -0.39 is 0 Å². The average Bonchev–Trinajstić information content (AvgIpc) is 3.20. The average molecular weight is 421 g/mol. The van der Waals surface area contributed by atoms with Crippen molar-refractivity contribution in [2.24, 2.45) is 0 Å². The molecule has 0 saturated heterocycles. The van der Waals surface area contributed by atoms with Crippen LogP contribution in [0.25, 0.3) is 10.1 Å². The molecule has 0 spiro atoms. The standard InChI is InChI=1S/C18H14ClFN4OS2/c19-17-13-3-1-2-4-14(13)27-15(17)10-26-18-23-22-16(24(18)21)9-25-12-7-5-11(20)6-8-12/h1-8H,9-10,21H2. The predicted molar refractivity (Wildman–Crippen MR) is 107 cm³/mol. The van der Waals surface area contributed by atoms with Crippen molar-refractivity contribution in [1.29, 1.82) is 0 Å². The maximum atomic E-state index is 12.9. The first-order valence-corrected chi connectivity index (χ1v) is 10.2. The number of benzene rings is 2. The largest absolute Gasteiger partial charge is 0.486 e. The van der Waals surface area contributed by atoms with Gasteiger partial charge in [-0.15, -0.1) is 21.5 Å². The quantitative estimate of drug-likeness (QED) is 0.356. The number of ether oxygens (including phenoxy) is 1. The summed E-state index contributed by atoms with van der Waals surface area (Å²) in [5.74, 6) is 7.41. The predicted octanol–water partition coefficient (Wildman–Crippen LogP) is 4.87. The van der Waals surface area contributed by atoms with Crippen molar-refractivity contribution in [3.05, 3.63) is 70.1 Å². The van der Waals surface area contributed by atoms with Crippen molar-refractivity contribution in [3.63, 3.8) is 0 Å². The molecule has 0 radical (unpaired) electrons. The Morgan fingerprint density at radius 3 is 2.70 bits per heavy atom. The van der Waals surface area contributed by atoms with Gasteiger partial charge in [-0.05, 0) is 30.3 Å². The number of thioether (sulfide) groups is 1. The topological polar surface area (TPSA) is 66.0 Å². The van der Waals surface area contributed by atoms with Gasteiger partial charge < -0.3 is 10.6 Å². The van der Waals surface area contributed by atoms with Crippen molar-refractivity contribution >= 4 is 44.8 Å². The van der Waals surface area contributed by atoms with E-state index in [1.165, 1.54) is 28.6 Å². The lowest BCUT2D eigenvalue weighted by Gasteiger charge is -2.06. The Morgan fingerprint density at radius 1 is 1.15 bits per heavy atom. The van der Waals surface area contributed by atoms with Crippen LogP contribution in [0.3, 0.4) is 0 Å². The minimum Gasteiger partial charge on any atom is -0.486 e. The van der Waals surface area contributed by atoms with E-state index in [2.05, 4.69) is 16.3 Å². The molecule has 2 N–H and O–H groups in total. The van der Waals surface area contributed by atoms with Gasteiger partial charge in [-0.25, -0.2) is 9.07 Å². The molecule has 9 heteroatoms. The highest BCUT2D eigenvalue weighted by atomic mass is 35.5. The van der Waals surface area contributed by atoms with Crippen molar-refractivity contribution in [3.8, 4) is 5.75 Å². The van der Waals surface area contributed by atoms with Crippen LogP contribution in [0.1, 0.15) is 10.7 Å². The van der Waals surface area contributed by atoms with E-state index in [0.717, 1.165) is 20.0 Å². The van der Waals surface area contributed by atoms with Crippen molar-refractivity contribution < 1.29 is 9.13 Å². The summed E-state index contributed by atoms with van der Waals surface area (Å²) >= 11 is 9.59. The minimum absolute atomic E-state index is 0.138. The SMILES string of the molecule is Nn1c(COc2ccc(F)cc2)nnc1SCc1sc2ccccc2c1Cl. The molecule has 0 amide bonds. The molecular weight excluding hydrogens is 407 g/mol. The van der Waals surface area contributed by atoms with E-state index in [1.54, 1.807) is 23.5 Å². The van der Waals surface area contributed by atoms with Crippen LogP contribution in [0.4, 0.5) is 4.39 Å². The highest BCUT2D eigenvalue weighted by molar-refractivity contribution is 7.98. The summed E-state index contributed by atoms with van der Waals surface area (Å²) in [6.45, 7) is 0.138. The van der Waals surface area contributed by atoms with Gasteiger partial charge in [0.25, 0.3) is 0 Å². The number of halogens is 2. The molecule has 2 aromatic carbocycles. The molecule has 0 saturated carbocycles. The van der Waals surface area contributed by atoms with Crippen LogP contribution < -0.4 is 10.6 Å². The molecule has 0 fully saturated rings. The van der Waals surface area contributed by atoms with Crippen LogP contribution in [0.5, 0.6) is 5.75 Å². The lowest BCUT2D eigenvalue weighted by molar-refractivity contribution is 0.291. The van der Waals surface area contributed by atoms with Crippen LogP contribution in [0.2, 0.25) is 5.02 Å². The molecule has 2 aromatic heterocycles. The van der Waals surface area contributed by atoms with Crippen LogP contribution in [-0.2, 0) is 12.4 Å². The number of aromatic nitrogens is 3. The number of rotatable bonds is 6. The fourth-order valence-electron chi connectivity index (χ4n) is 2.47. The zero-order chi connectivity index (χ0) is 18.8. The van der Waals surface area contributed by atoms with E-state index in [4.69, 9.17) is 22.2 Å². The zero-order valence-electron chi connectivity index (χ0n) is 13.9. The van der Waals surface area contributed by atoms with E-state index in [-0.39, 0.29) is 12.4 Å². The molecule has 0 aliphatic rings. The highest BCUT2D eigenvalue weighted by Gasteiger charge is 2.14. The van der Waals surface area contributed by atoms with Gasteiger partial charge in [0, 0.05) is 20.7 Å². The van der Waals surface area contributed by atoms with E-state index >= 15 is 0 Å². The Labute approximate surface area is 167 Å². The van der Waals surface area contributed by atoms with Gasteiger partial charge in [-0.2, -0.15) is 0 Å². The van der Waals surface area contributed by atoms with Crippen LogP contribution >= 0.6 is 34.7 Å². The van der Waals surface area contributed by atoms with Gasteiger partial charge in [0.2, 0.25) is 5.16 Å². The maximum absolute atomic E-state index is 12.9. The third kappa shape index (κ3) is 3.87. The third-order valence-electron chi connectivity index (χ3n) is 3.85. The molecule has 2 heterocycles. The van der Waals surface area contributed by atoms with Crippen LogP contribution in [0, 0.1) is 5.82 Å².